The van der Waals surface area contributed by atoms with Crippen LogP contribution in [0.2, 0.25) is 0 Å². The molecule has 0 aromatic carbocycles. The quantitative estimate of drug-likeness (QED) is 0.783. The molecule has 0 rings (SSSR count). The van der Waals surface area contributed by atoms with Gasteiger partial charge in [0.1, 0.15) is 11.6 Å². The number of hydrogen-bond donors (Lipinski definition) is 2. The van der Waals surface area contributed by atoms with Crippen LogP contribution in [0.4, 0.5) is 13.6 Å². The van der Waals surface area contributed by atoms with Crippen molar-refractivity contribution in [1.29, 1.82) is 0 Å². The number of nitrogens with one attached hydrogen (secondary N) is 1. The van der Waals surface area contributed by atoms with Crippen LogP contribution < -0.4 is 5.32 Å². The SMILES string of the molecule is CC(C)(C)OC(=O)NC(CCSC(F)F)C(=O)O. The van der Waals surface area contributed by atoms with E-state index in [-0.39, 0.29) is 12.2 Å². The van der Waals surface area contributed by atoms with Crippen LogP contribution in [0.15, 0.2) is 0 Å². The molecule has 0 aromatic rings. The molecule has 0 spiro atoms. The average molecular weight is 285 g/mol. The lowest BCUT2D eigenvalue weighted by molar-refractivity contribution is -0.139. The molecule has 0 aliphatic heterocycles. The summed E-state index contributed by atoms with van der Waals surface area (Å²) in [5.74, 6) is -3.90. The van der Waals surface area contributed by atoms with Gasteiger partial charge < -0.3 is 15.2 Å². The first-order chi connectivity index (χ1) is 8.11. The summed E-state index contributed by atoms with van der Waals surface area (Å²) < 4.78 is 28.6. The number of alkyl halides is 2. The second kappa shape index (κ2) is 7.40. The van der Waals surface area contributed by atoms with Crippen LogP contribution >= 0.6 is 11.8 Å². The van der Waals surface area contributed by atoms with Crippen LogP contribution in [0, 0.1) is 0 Å². The Kier molecular flexibility index (Phi) is 6.97. The zero-order chi connectivity index (χ0) is 14.3. The molecule has 0 saturated carbocycles. The number of halogens is 2. The van der Waals surface area contributed by atoms with Gasteiger partial charge in [0.15, 0.2) is 0 Å². The number of carboxylic acid groups (broad SMARTS) is 1. The van der Waals surface area contributed by atoms with Gasteiger partial charge in [-0.3, -0.25) is 0 Å². The first-order valence-corrected chi connectivity index (χ1v) is 6.29. The van der Waals surface area contributed by atoms with Crippen molar-refractivity contribution in [2.75, 3.05) is 5.75 Å². The highest BCUT2D eigenvalue weighted by atomic mass is 32.2. The van der Waals surface area contributed by atoms with Crippen molar-refractivity contribution in [3.63, 3.8) is 0 Å². The summed E-state index contributed by atoms with van der Waals surface area (Å²) in [6, 6.07) is -1.23. The number of hydrogen-bond acceptors (Lipinski definition) is 4. The molecular weight excluding hydrogens is 268 g/mol. The summed E-state index contributed by atoms with van der Waals surface area (Å²) in [6.07, 6.45) is -0.971. The summed E-state index contributed by atoms with van der Waals surface area (Å²) in [6.45, 7) is 4.90. The van der Waals surface area contributed by atoms with Gasteiger partial charge in [-0.15, -0.1) is 0 Å². The van der Waals surface area contributed by atoms with Crippen LogP contribution in [-0.2, 0) is 9.53 Å². The van der Waals surface area contributed by atoms with Gasteiger partial charge in [0.05, 0.1) is 0 Å². The van der Waals surface area contributed by atoms with E-state index in [0.717, 1.165) is 0 Å². The third-order valence-electron chi connectivity index (χ3n) is 1.64. The number of carbonyl (C=O) groups is 2. The van der Waals surface area contributed by atoms with Gasteiger partial charge in [-0.1, -0.05) is 11.8 Å². The maximum Gasteiger partial charge on any atom is 0.408 e. The molecular formula is C10H17F2NO4S. The van der Waals surface area contributed by atoms with E-state index in [1.54, 1.807) is 20.8 Å². The minimum atomic E-state index is -2.55. The van der Waals surface area contributed by atoms with Crippen LogP contribution in [0.5, 0.6) is 0 Å². The van der Waals surface area contributed by atoms with Crippen molar-refractivity contribution in [2.24, 2.45) is 0 Å². The molecule has 0 radical (unpaired) electrons. The van der Waals surface area contributed by atoms with Crippen LogP contribution in [0.3, 0.4) is 0 Å². The van der Waals surface area contributed by atoms with E-state index in [9.17, 15) is 18.4 Å². The second-order valence-electron chi connectivity index (χ2n) is 4.46. The second-order valence-corrected chi connectivity index (χ2v) is 5.56. The molecule has 106 valence electrons. The summed E-state index contributed by atoms with van der Waals surface area (Å²) in [7, 11) is 0. The van der Waals surface area contributed by atoms with Crippen molar-refractivity contribution in [2.45, 2.75) is 44.6 Å². The summed E-state index contributed by atoms with van der Waals surface area (Å²) in [4.78, 5) is 22.1. The van der Waals surface area contributed by atoms with E-state index in [2.05, 4.69) is 5.32 Å². The molecule has 8 heteroatoms. The Morgan fingerprint density at radius 1 is 1.39 bits per heavy atom. The van der Waals surface area contributed by atoms with Crippen molar-refractivity contribution < 1.29 is 28.2 Å². The lowest BCUT2D eigenvalue weighted by Gasteiger charge is -2.21. The lowest BCUT2D eigenvalue weighted by Crippen LogP contribution is -2.43. The fourth-order valence-electron chi connectivity index (χ4n) is 0.982. The van der Waals surface area contributed by atoms with Gasteiger partial charge in [-0.2, -0.15) is 8.78 Å². The first-order valence-electron chi connectivity index (χ1n) is 5.24. The van der Waals surface area contributed by atoms with Crippen LogP contribution in [0.1, 0.15) is 27.2 Å². The summed E-state index contributed by atoms with van der Waals surface area (Å²) >= 11 is 0.328. The molecule has 18 heavy (non-hydrogen) atoms. The number of ether oxygens (including phenoxy) is 1. The molecule has 0 saturated heterocycles. The number of carbonyl (C=O) groups excluding carboxylic acids is 1. The highest BCUT2D eigenvalue weighted by Crippen LogP contribution is 2.15. The normalized spacial score (nSPS) is 13.2. The monoisotopic (exact) mass is 285 g/mol. The van der Waals surface area contributed by atoms with E-state index in [1.807, 2.05) is 0 Å². The molecule has 5 nitrogen and oxygen atoms in total. The standard InChI is InChI=1S/C10H17F2NO4S/c1-10(2,3)17-9(16)13-6(7(14)15)4-5-18-8(11)12/h6,8H,4-5H2,1-3H3,(H,13,16)(H,14,15). The van der Waals surface area contributed by atoms with Gasteiger partial charge in [-0.25, -0.2) is 9.59 Å². The number of aliphatic carboxylic acids is 1. The van der Waals surface area contributed by atoms with Gasteiger partial charge in [0, 0.05) is 5.75 Å². The van der Waals surface area contributed by atoms with Crippen LogP contribution in [-0.4, -0.2) is 40.3 Å². The number of carboxylic acids is 1. The smallest absolute Gasteiger partial charge is 0.408 e. The maximum atomic E-state index is 11.9. The molecule has 1 unspecified atom stereocenters. The van der Waals surface area contributed by atoms with E-state index in [0.29, 0.717) is 11.8 Å². The van der Waals surface area contributed by atoms with Crippen molar-refractivity contribution in [3.05, 3.63) is 0 Å². The molecule has 0 aliphatic carbocycles. The molecule has 0 heterocycles. The van der Waals surface area contributed by atoms with Crippen LogP contribution in [0.25, 0.3) is 0 Å². The lowest BCUT2D eigenvalue weighted by atomic mass is 10.2. The van der Waals surface area contributed by atoms with Gasteiger partial charge >= 0.3 is 12.1 Å². The molecule has 1 atom stereocenters. The molecule has 0 aromatic heterocycles. The van der Waals surface area contributed by atoms with E-state index >= 15 is 0 Å². The topological polar surface area (TPSA) is 75.6 Å². The Bertz CT molecular complexity index is 294. The zero-order valence-corrected chi connectivity index (χ0v) is 11.2. The highest BCUT2D eigenvalue weighted by molar-refractivity contribution is 7.99. The summed E-state index contributed by atoms with van der Waals surface area (Å²) in [5.41, 5.74) is -0.745. The van der Waals surface area contributed by atoms with E-state index in [4.69, 9.17) is 9.84 Å². The van der Waals surface area contributed by atoms with Gasteiger partial charge in [0.25, 0.3) is 5.76 Å². The first kappa shape index (κ1) is 16.9. The average Bonchev–Trinajstić information content (AvgIpc) is 2.12. The molecule has 2 N–H and O–H groups in total. The molecule has 1 amide bonds. The number of alkyl carbamates (subject to hydrolysis) is 1. The molecule has 0 aliphatic rings. The predicted octanol–water partition coefficient (Wildman–Crippen LogP) is 2.31. The van der Waals surface area contributed by atoms with E-state index in [1.165, 1.54) is 0 Å². The Morgan fingerprint density at radius 3 is 2.33 bits per heavy atom. The predicted molar refractivity (Wildman–Crippen MR) is 63.9 cm³/mol. The highest BCUT2D eigenvalue weighted by Gasteiger charge is 2.23. The van der Waals surface area contributed by atoms with Crippen molar-refractivity contribution >= 4 is 23.8 Å². The minimum absolute atomic E-state index is 0.0650. The summed E-state index contributed by atoms with van der Waals surface area (Å²) in [5, 5.41) is 10.9. The Labute approximate surface area is 108 Å². The Morgan fingerprint density at radius 2 is 1.94 bits per heavy atom. The van der Waals surface area contributed by atoms with Crippen molar-refractivity contribution in [1.82, 2.24) is 5.32 Å². The maximum absolute atomic E-state index is 11.9. The zero-order valence-electron chi connectivity index (χ0n) is 10.4. The molecule has 0 fully saturated rings. The Balaban J connectivity index is 4.19. The minimum Gasteiger partial charge on any atom is -0.480 e. The fraction of sp³-hybridized carbons (Fsp3) is 0.800. The third-order valence-corrected chi connectivity index (χ3v) is 2.36. The van der Waals surface area contributed by atoms with Crippen molar-refractivity contribution in [3.8, 4) is 0 Å². The number of amides is 1. The fourth-order valence-corrected chi connectivity index (χ4v) is 1.53. The number of thioether (sulfide) groups is 1. The number of rotatable bonds is 6. The molecule has 0 bridgehead atoms. The Hall–Kier alpha value is -1.05. The third kappa shape index (κ3) is 9.03. The van der Waals surface area contributed by atoms with Gasteiger partial charge in [0.2, 0.25) is 0 Å². The largest absolute Gasteiger partial charge is 0.480 e. The van der Waals surface area contributed by atoms with Gasteiger partial charge in [-0.05, 0) is 27.2 Å². The van der Waals surface area contributed by atoms with E-state index < -0.39 is 29.5 Å².